The standard InChI is InChI=1S/C28H26F5N5O2/c1-40-21-8-6-20(7-9-21)37-11-10-34-27(37)23(14-17-12-18(29)15-19(30)13-17)35-25(39)16-38-24-5-3-2-4-22(24)26(36-38)28(31,32)33/h6-13,15,23H,2-5,14,16H2,1H3,(H,35,39)/t23-/m0/s1. The summed E-state index contributed by atoms with van der Waals surface area (Å²) in [6.07, 6.45) is 0.485. The van der Waals surface area contributed by atoms with Crippen LogP contribution in [0.4, 0.5) is 22.0 Å². The molecule has 0 aliphatic heterocycles. The molecule has 0 saturated heterocycles. The first kappa shape index (κ1) is 27.4. The molecule has 7 nitrogen and oxygen atoms in total. The van der Waals surface area contributed by atoms with Gasteiger partial charge in [-0.15, -0.1) is 0 Å². The predicted octanol–water partition coefficient (Wildman–Crippen LogP) is 5.35. The Hall–Kier alpha value is -4.22. The smallest absolute Gasteiger partial charge is 0.435 e. The van der Waals surface area contributed by atoms with Crippen LogP contribution in [-0.4, -0.2) is 32.3 Å². The van der Waals surface area contributed by atoms with E-state index in [4.69, 9.17) is 4.74 Å². The number of nitrogens with one attached hydrogen (secondary N) is 1. The second-order valence-corrected chi connectivity index (χ2v) is 9.59. The lowest BCUT2D eigenvalue weighted by Gasteiger charge is -2.21. The maximum atomic E-state index is 14.0. The number of ether oxygens (including phenoxy) is 1. The zero-order chi connectivity index (χ0) is 28.4. The number of hydrogen-bond acceptors (Lipinski definition) is 4. The number of benzene rings is 2. The Morgan fingerprint density at radius 3 is 2.45 bits per heavy atom. The van der Waals surface area contributed by atoms with E-state index in [2.05, 4.69) is 15.4 Å². The number of aromatic nitrogens is 4. The van der Waals surface area contributed by atoms with Gasteiger partial charge in [-0.25, -0.2) is 13.8 Å². The van der Waals surface area contributed by atoms with Gasteiger partial charge in [0, 0.05) is 41.8 Å². The number of alkyl halides is 3. The summed E-state index contributed by atoms with van der Waals surface area (Å²) in [6.45, 7) is -0.449. The Bertz CT molecular complexity index is 1490. The van der Waals surface area contributed by atoms with Crippen molar-refractivity contribution in [2.24, 2.45) is 0 Å². The van der Waals surface area contributed by atoms with Crippen molar-refractivity contribution in [3.05, 3.63) is 94.8 Å². The number of imidazole rings is 1. The number of carbonyl (C=O) groups is 1. The van der Waals surface area contributed by atoms with Crippen LogP contribution >= 0.6 is 0 Å². The Labute approximate surface area is 226 Å². The first-order chi connectivity index (χ1) is 19.1. The molecule has 12 heteroatoms. The van der Waals surface area contributed by atoms with Crippen LogP contribution in [0.3, 0.4) is 0 Å². The normalized spacial score (nSPS) is 14.1. The number of amides is 1. The van der Waals surface area contributed by atoms with Gasteiger partial charge < -0.3 is 14.6 Å². The fraction of sp³-hybridized carbons (Fsp3) is 0.321. The monoisotopic (exact) mass is 559 g/mol. The third-order valence-electron chi connectivity index (χ3n) is 6.85. The molecule has 1 N–H and O–H groups in total. The molecule has 1 aliphatic rings. The zero-order valence-corrected chi connectivity index (χ0v) is 21.5. The molecular weight excluding hydrogens is 533 g/mol. The highest BCUT2D eigenvalue weighted by Gasteiger charge is 2.39. The van der Waals surface area contributed by atoms with Crippen LogP contribution in [0.15, 0.2) is 54.9 Å². The highest BCUT2D eigenvalue weighted by molar-refractivity contribution is 5.76. The van der Waals surface area contributed by atoms with E-state index in [9.17, 15) is 26.7 Å². The molecule has 1 atom stereocenters. The summed E-state index contributed by atoms with van der Waals surface area (Å²) in [4.78, 5) is 17.7. The summed E-state index contributed by atoms with van der Waals surface area (Å²) in [5.74, 6) is -1.17. The molecule has 40 heavy (non-hydrogen) atoms. The SMILES string of the molecule is COc1ccc(-n2ccnc2[C@H](Cc2cc(F)cc(F)c2)NC(=O)Cn2nc(C(F)(F)F)c3c2CCCC3)cc1. The lowest BCUT2D eigenvalue weighted by atomic mass is 9.95. The summed E-state index contributed by atoms with van der Waals surface area (Å²) in [7, 11) is 1.54. The number of rotatable bonds is 8. The van der Waals surface area contributed by atoms with Crippen molar-refractivity contribution in [1.29, 1.82) is 0 Å². The molecule has 0 radical (unpaired) electrons. The van der Waals surface area contributed by atoms with Gasteiger partial charge in [0.25, 0.3) is 0 Å². The van der Waals surface area contributed by atoms with Crippen molar-refractivity contribution in [1.82, 2.24) is 24.6 Å². The maximum Gasteiger partial charge on any atom is 0.435 e. The molecular formula is C28H26F5N5O2. The fourth-order valence-electron chi connectivity index (χ4n) is 5.11. The molecule has 2 heterocycles. The van der Waals surface area contributed by atoms with E-state index in [0.717, 1.165) is 22.9 Å². The molecule has 0 saturated carbocycles. The van der Waals surface area contributed by atoms with Crippen LogP contribution in [0, 0.1) is 11.6 Å². The van der Waals surface area contributed by atoms with E-state index in [1.54, 1.807) is 35.0 Å². The van der Waals surface area contributed by atoms with Gasteiger partial charge in [0.2, 0.25) is 5.91 Å². The van der Waals surface area contributed by atoms with Crippen LogP contribution in [0.25, 0.3) is 5.69 Å². The largest absolute Gasteiger partial charge is 0.497 e. The molecule has 210 valence electrons. The minimum absolute atomic E-state index is 0.0292. The topological polar surface area (TPSA) is 74.0 Å². The Balaban J connectivity index is 1.46. The fourth-order valence-corrected chi connectivity index (χ4v) is 5.11. The van der Waals surface area contributed by atoms with E-state index < -0.39 is 42.0 Å². The van der Waals surface area contributed by atoms with Crippen LogP contribution in [0.1, 0.15) is 47.2 Å². The van der Waals surface area contributed by atoms with Gasteiger partial charge >= 0.3 is 6.18 Å². The summed E-state index contributed by atoms with van der Waals surface area (Å²) >= 11 is 0. The molecule has 0 bridgehead atoms. The second-order valence-electron chi connectivity index (χ2n) is 9.59. The number of nitrogens with zero attached hydrogens (tertiary/aromatic N) is 4. The second kappa shape index (κ2) is 11.1. The average Bonchev–Trinajstić information content (AvgIpc) is 3.53. The predicted molar refractivity (Wildman–Crippen MR) is 135 cm³/mol. The van der Waals surface area contributed by atoms with Gasteiger partial charge in [-0.2, -0.15) is 18.3 Å². The van der Waals surface area contributed by atoms with Gasteiger partial charge in [-0.1, -0.05) is 0 Å². The van der Waals surface area contributed by atoms with Crippen molar-refractivity contribution >= 4 is 5.91 Å². The van der Waals surface area contributed by atoms with Crippen molar-refractivity contribution < 1.29 is 31.5 Å². The first-order valence-corrected chi connectivity index (χ1v) is 12.7. The van der Waals surface area contributed by atoms with Crippen molar-refractivity contribution in [3.8, 4) is 11.4 Å². The van der Waals surface area contributed by atoms with Crippen molar-refractivity contribution in [3.63, 3.8) is 0 Å². The number of carbonyl (C=O) groups excluding carboxylic acids is 1. The van der Waals surface area contributed by atoms with E-state index >= 15 is 0 Å². The van der Waals surface area contributed by atoms with Crippen LogP contribution in [0.2, 0.25) is 0 Å². The molecule has 2 aromatic carbocycles. The van der Waals surface area contributed by atoms with E-state index in [1.165, 1.54) is 13.3 Å². The molecule has 2 aromatic heterocycles. The van der Waals surface area contributed by atoms with Crippen LogP contribution < -0.4 is 10.1 Å². The molecule has 1 amide bonds. The third-order valence-corrected chi connectivity index (χ3v) is 6.85. The summed E-state index contributed by atoms with van der Waals surface area (Å²) in [6, 6.07) is 9.22. The Morgan fingerprint density at radius 2 is 1.77 bits per heavy atom. The highest BCUT2D eigenvalue weighted by atomic mass is 19.4. The van der Waals surface area contributed by atoms with E-state index in [-0.39, 0.29) is 24.0 Å². The lowest BCUT2D eigenvalue weighted by molar-refractivity contribution is -0.142. The van der Waals surface area contributed by atoms with Crippen LogP contribution in [-0.2, 0) is 36.8 Å². The molecule has 0 fully saturated rings. The quantitative estimate of drug-likeness (QED) is 0.296. The van der Waals surface area contributed by atoms with Crippen molar-refractivity contribution in [2.75, 3.05) is 7.11 Å². The summed E-state index contributed by atoms with van der Waals surface area (Å²) in [5, 5.41) is 6.57. The molecule has 5 rings (SSSR count). The molecule has 0 spiro atoms. The van der Waals surface area contributed by atoms with E-state index in [1.807, 2.05) is 0 Å². The average molecular weight is 560 g/mol. The minimum Gasteiger partial charge on any atom is -0.497 e. The van der Waals surface area contributed by atoms with Crippen LogP contribution in [0.5, 0.6) is 5.75 Å². The maximum absolute atomic E-state index is 14.0. The molecule has 4 aromatic rings. The molecule has 0 unspecified atom stereocenters. The molecule has 1 aliphatic carbocycles. The third kappa shape index (κ3) is 5.85. The number of fused-ring (bicyclic) bond motifs is 1. The van der Waals surface area contributed by atoms with E-state index in [0.29, 0.717) is 42.2 Å². The number of hydrogen-bond donors (Lipinski definition) is 1. The summed E-state index contributed by atoms with van der Waals surface area (Å²) in [5.41, 5.74) is 0.527. The lowest BCUT2D eigenvalue weighted by Crippen LogP contribution is -2.35. The van der Waals surface area contributed by atoms with Gasteiger partial charge in [0.15, 0.2) is 5.69 Å². The number of halogens is 5. The van der Waals surface area contributed by atoms with Gasteiger partial charge in [-0.3, -0.25) is 9.48 Å². The Kier molecular flexibility index (Phi) is 7.59. The van der Waals surface area contributed by atoms with Gasteiger partial charge in [-0.05, 0) is 67.6 Å². The van der Waals surface area contributed by atoms with Crippen molar-refractivity contribution in [2.45, 2.75) is 50.9 Å². The minimum atomic E-state index is -4.63. The number of methoxy groups -OCH3 is 1. The van der Waals surface area contributed by atoms with Gasteiger partial charge in [0.1, 0.15) is 29.8 Å². The highest BCUT2D eigenvalue weighted by Crippen LogP contribution is 2.36. The zero-order valence-electron chi connectivity index (χ0n) is 21.5. The summed E-state index contributed by atoms with van der Waals surface area (Å²) < 4.78 is 76.9. The first-order valence-electron chi connectivity index (χ1n) is 12.7. The van der Waals surface area contributed by atoms with Gasteiger partial charge in [0.05, 0.1) is 13.2 Å². The Morgan fingerprint density at radius 1 is 1.07 bits per heavy atom.